The number of nitriles is 1. The van der Waals surface area contributed by atoms with Crippen LogP contribution in [-0.2, 0) is 9.53 Å². The van der Waals surface area contributed by atoms with Crippen LogP contribution in [0.3, 0.4) is 0 Å². The fraction of sp³-hybridized carbons (Fsp3) is 0.100. The van der Waals surface area contributed by atoms with E-state index < -0.39 is 18.5 Å². The van der Waals surface area contributed by atoms with Gasteiger partial charge in [-0.25, -0.2) is 9.48 Å². The summed E-state index contributed by atoms with van der Waals surface area (Å²) in [4.78, 5) is 24.4. The zero-order valence-electron chi connectivity index (χ0n) is 14.8. The number of para-hydroxylation sites is 1. The lowest BCUT2D eigenvalue weighted by Crippen LogP contribution is -2.21. The van der Waals surface area contributed by atoms with E-state index in [0.29, 0.717) is 22.6 Å². The molecular formula is C20H15ClN4O3. The molecule has 1 N–H and O–H groups in total. The number of benzene rings is 2. The summed E-state index contributed by atoms with van der Waals surface area (Å²) in [7, 11) is 0. The Morgan fingerprint density at radius 2 is 1.86 bits per heavy atom. The molecule has 0 bridgehead atoms. The normalized spacial score (nSPS) is 10.2. The summed E-state index contributed by atoms with van der Waals surface area (Å²) >= 11 is 6.31. The second kappa shape index (κ2) is 8.37. The van der Waals surface area contributed by atoms with Crippen molar-refractivity contribution in [1.82, 2.24) is 9.78 Å². The number of hydrogen-bond acceptors (Lipinski definition) is 5. The minimum Gasteiger partial charge on any atom is -0.452 e. The zero-order chi connectivity index (χ0) is 20.1. The topological polar surface area (TPSA) is 97.0 Å². The molecule has 1 heterocycles. The lowest BCUT2D eigenvalue weighted by molar-refractivity contribution is -0.119. The molecule has 0 aliphatic heterocycles. The summed E-state index contributed by atoms with van der Waals surface area (Å²) in [5.74, 6) is -1.25. The van der Waals surface area contributed by atoms with Crippen molar-refractivity contribution < 1.29 is 14.3 Å². The van der Waals surface area contributed by atoms with Crippen molar-refractivity contribution in [2.24, 2.45) is 0 Å². The molecule has 7 nitrogen and oxygen atoms in total. The predicted molar refractivity (Wildman–Crippen MR) is 103 cm³/mol. The smallest absolute Gasteiger partial charge is 0.343 e. The molecule has 0 unspecified atom stereocenters. The van der Waals surface area contributed by atoms with Gasteiger partial charge >= 0.3 is 5.97 Å². The molecule has 3 aromatic rings. The largest absolute Gasteiger partial charge is 0.452 e. The first-order valence-electron chi connectivity index (χ1n) is 8.27. The molecule has 1 aromatic heterocycles. The fourth-order valence-corrected chi connectivity index (χ4v) is 2.85. The highest BCUT2D eigenvalue weighted by atomic mass is 35.5. The van der Waals surface area contributed by atoms with Crippen LogP contribution in [0.25, 0.3) is 5.69 Å². The van der Waals surface area contributed by atoms with Crippen LogP contribution in [0.5, 0.6) is 0 Å². The third-order valence-electron chi connectivity index (χ3n) is 3.84. The van der Waals surface area contributed by atoms with Crippen molar-refractivity contribution in [3.63, 3.8) is 0 Å². The SMILES string of the molecule is Cc1nn(-c2ccccc2)c(Cl)c1C(=O)OCC(=O)Nc1ccc(C#N)cc1. The number of aromatic nitrogens is 2. The van der Waals surface area contributed by atoms with Crippen molar-refractivity contribution in [1.29, 1.82) is 5.26 Å². The maximum Gasteiger partial charge on any atom is 0.343 e. The maximum absolute atomic E-state index is 12.4. The van der Waals surface area contributed by atoms with Gasteiger partial charge in [0.15, 0.2) is 6.61 Å². The summed E-state index contributed by atoms with van der Waals surface area (Å²) in [5, 5.41) is 15.7. The molecular weight excluding hydrogens is 380 g/mol. The highest BCUT2D eigenvalue weighted by Crippen LogP contribution is 2.24. The number of aryl methyl sites for hydroxylation is 1. The number of halogens is 1. The standard InChI is InChI=1S/C20H15ClN4O3/c1-13-18(19(21)25(24-13)16-5-3-2-4-6-16)20(27)28-12-17(26)23-15-9-7-14(11-22)8-10-15/h2-10H,12H2,1H3,(H,23,26). The second-order valence-electron chi connectivity index (χ2n) is 5.81. The third kappa shape index (κ3) is 4.19. The molecule has 0 spiro atoms. The molecule has 0 radical (unpaired) electrons. The van der Waals surface area contributed by atoms with Crippen LogP contribution < -0.4 is 5.32 Å². The lowest BCUT2D eigenvalue weighted by atomic mass is 10.2. The van der Waals surface area contributed by atoms with E-state index in [1.165, 1.54) is 4.68 Å². The number of hydrogen-bond donors (Lipinski definition) is 1. The third-order valence-corrected chi connectivity index (χ3v) is 4.19. The van der Waals surface area contributed by atoms with Crippen molar-refractivity contribution in [2.45, 2.75) is 6.92 Å². The molecule has 0 aliphatic carbocycles. The molecule has 1 amide bonds. The Bertz CT molecular complexity index is 1050. The van der Waals surface area contributed by atoms with E-state index in [9.17, 15) is 9.59 Å². The van der Waals surface area contributed by atoms with E-state index in [1.54, 1.807) is 43.3 Å². The van der Waals surface area contributed by atoms with Gasteiger partial charge in [0.25, 0.3) is 5.91 Å². The number of rotatable bonds is 5. The Morgan fingerprint density at radius 3 is 2.50 bits per heavy atom. The molecule has 28 heavy (non-hydrogen) atoms. The van der Waals surface area contributed by atoms with Crippen LogP contribution in [-0.4, -0.2) is 28.3 Å². The van der Waals surface area contributed by atoms with Crippen LogP contribution in [0.1, 0.15) is 21.6 Å². The molecule has 0 aliphatic rings. The summed E-state index contributed by atoms with van der Waals surface area (Å²) in [6, 6.07) is 17.4. The number of nitrogens with one attached hydrogen (secondary N) is 1. The molecule has 3 rings (SSSR count). The number of anilines is 1. The van der Waals surface area contributed by atoms with Crippen LogP contribution in [0.2, 0.25) is 5.15 Å². The van der Waals surface area contributed by atoms with Crippen LogP contribution >= 0.6 is 11.6 Å². The summed E-state index contributed by atoms with van der Waals surface area (Å²) in [6.07, 6.45) is 0. The Balaban J connectivity index is 1.65. The van der Waals surface area contributed by atoms with Crippen molar-refractivity contribution in [2.75, 3.05) is 11.9 Å². The first kappa shape index (κ1) is 19.1. The molecule has 8 heteroatoms. The number of ether oxygens (including phenoxy) is 1. The average Bonchev–Trinajstić information content (AvgIpc) is 3.01. The second-order valence-corrected chi connectivity index (χ2v) is 6.17. The van der Waals surface area contributed by atoms with Gasteiger partial charge in [0.05, 0.1) is 23.0 Å². The molecule has 140 valence electrons. The van der Waals surface area contributed by atoms with Crippen molar-refractivity contribution in [3.05, 3.63) is 76.6 Å². The minimum atomic E-state index is -0.736. The summed E-state index contributed by atoms with van der Waals surface area (Å²) in [5.41, 5.74) is 2.17. The van der Waals surface area contributed by atoms with Gasteiger partial charge in [-0.3, -0.25) is 4.79 Å². The monoisotopic (exact) mass is 394 g/mol. The van der Waals surface area contributed by atoms with Crippen molar-refractivity contribution in [3.8, 4) is 11.8 Å². The number of carbonyl (C=O) groups is 2. The van der Waals surface area contributed by atoms with Crippen LogP contribution in [0.15, 0.2) is 54.6 Å². The van der Waals surface area contributed by atoms with Crippen molar-refractivity contribution >= 4 is 29.2 Å². The average molecular weight is 395 g/mol. The van der Waals surface area contributed by atoms with E-state index in [0.717, 1.165) is 0 Å². The first-order chi connectivity index (χ1) is 13.5. The predicted octanol–water partition coefficient (Wildman–Crippen LogP) is 3.50. The fourth-order valence-electron chi connectivity index (χ4n) is 2.50. The quantitative estimate of drug-likeness (QED) is 0.668. The molecule has 0 atom stereocenters. The molecule has 0 saturated carbocycles. The number of esters is 1. The van der Waals surface area contributed by atoms with Gasteiger partial charge in [-0.05, 0) is 43.3 Å². The Hall–Kier alpha value is -3.63. The summed E-state index contributed by atoms with van der Waals surface area (Å²) < 4.78 is 6.51. The highest BCUT2D eigenvalue weighted by molar-refractivity contribution is 6.33. The minimum absolute atomic E-state index is 0.108. The van der Waals surface area contributed by atoms with E-state index in [4.69, 9.17) is 21.6 Å². The van der Waals surface area contributed by atoms with Crippen LogP contribution in [0, 0.1) is 18.3 Å². The van der Waals surface area contributed by atoms with E-state index >= 15 is 0 Å². The van der Waals surface area contributed by atoms with Crippen LogP contribution in [0.4, 0.5) is 5.69 Å². The van der Waals surface area contributed by atoms with E-state index in [2.05, 4.69) is 10.4 Å². The number of carbonyl (C=O) groups excluding carboxylic acids is 2. The number of amides is 1. The molecule has 2 aromatic carbocycles. The molecule has 0 fully saturated rings. The van der Waals surface area contributed by atoms with Gasteiger partial charge in [-0.2, -0.15) is 10.4 Å². The van der Waals surface area contributed by atoms with Gasteiger partial charge < -0.3 is 10.1 Å². The van der Waals surface area contributed by atoms with Gasteiger partial charge in [-0.1, -0.05) is 29.8 Å². The summed E-state index contributed by atoms with van der Waals surface area (Å²) in [6.45, 7) is 1.16. The first-order valence-corrected chi connectivity index (χ1v) is 8.65. The molecule has 0 saturated heterocycles. The van der Waals surface area contributed by atoms with E-state index in [-0.39, 0.29) is 10.7 Å². The van der Waals surface area contributed by atoms with Gasteiger partial charge in [0, 0.05) is 5.69 Å². The zero-order valence-corrected chi connectivity index (χ0v) is 15.6. The highest BCUT2D eigenvalue weighted by Gasteiger charge is 2.23. The van der Waals surface area contributed by atoms with Gasteiger partial charge in [-0.15, -0.1) is 0 Å². The number of nitrogens with zero attached hydrogens (tertiary/aromatic N) is 3. The van der Waals surface area contributed by atoms with Gasteiger partial charge in [0.2, 0.25) is 0 Å². The lowest BCUT2D eigenvalue weighted by Gasteiger charge is -2.07. The Morgan fingerprint density at radius 1 is 1.18 bits per heavy atom. The van der Waals surface area contributed by atoms with Gasteiger partial charge in [0.1, 0.15) is 10.7 Å². The maximum atomic E-state index is 12.4. The van der Waals surface area contributed by atoms with E-state index in [1.807, 2.05) is 24.3 Å². The Kier molecular flexibility index (Phi) is 5.72. The Labute approximate surface area is 166 Å².